The number of aromatic nitrogens is 2. The molecular weight excluding hydrogens is 188 g/mol. The smallest absolute Gasteiger partial charge is 0.385 e. The highest BCUT2D eigenvalue weighted by Crippen LogP contribution is 2.24. The van der Waals surface area contributed by atoms with Gasteiger partial charge in [0.1, 0.15) is 12.3 Å². The molecule has 0 aliphatic carbocycles. The predicted molar refractivity (Wildman–Crippen MR) is 47.1 cm³/mol. The molecule has 0 bridgehead atoms. The summed E-state index contributed by atoms with van der Waals surface area (Å²) in [7, 11) is 0. The highest BCUT2D eigenvalue weighted by Gasteiger charge is 2.22. The zero-order valence-electron chi connectivity index (χ0n) is 7.40. The van der Waals surface area contributed by atoms with E-state index in [1.807, 2.05) is 0 Å². The number of nitro groups is 1. The van der Waals surface area contributed by atoms with Crippen LogP contribution in [0.1, 0.15) is 6.42 Å². The fourth-order valence-electron chi connectivity index (χ4n) is 1.39. The van der Waals surface area contributed by atoms with E-state index in [9.17, 15) is 10.1 Å². The topological polar surface area (TPSA) is 93.1 Å². The third-order valence-corrected chi connectivity index (χ3v) is 2.08. The second-order valence-electron chi connectivity index (χ2n) is 3.07. The summed E-state index contributed by atoms with van der Waals surface area (Å²) in [5.74, 6) is 0.0283. The Bertz CT molecular complexity index is 331. The van der Waals surface area contributed by atoms with Gasteiger partial charge in [-0.15, -0.1) is 5.10 Å². The van der Waals surface area contributed by atoms with Crippen molar-refractivity contribution in [1.29, 1.82) is 0 Å². The lowest BCUT2D eigenvalue weighted by molar-refractivity contribution is -0.390. The summed E-state index contributed by atoms with van der Waals surface area (Å²) in [6, 6.07) is 0. The molecule has 1 saturated heterocycles. The first-order valence-electron chi connectivity index (χ1n) is 4.32. The van der Waals surface area contributed by atoms with Crippen molar-refractivity contribution in [3.05, 3.63) is 16.3 Å². The lowest BCUT2D eigenvalue weighted by Crippen LogP contribution is -2.19. The number of aromatic amines is 1. The van der Waals surface area contributed by atoms with Crippen LogP contribution in [0.4, 0.5) is 5.82 Å². The van der Waals surface area contributed by atoms with E-state index in [0.717, 1.165) is 19.5 Å². The number of ether oxygens (including phenoxy) is 1. The molecule has 1 aromatic heterocycles. The summed E-state index contributed by atoms with van der Waals surface area (Å²) in [6.45, 7) is 1.61. The summed E-state index contributed by atoms with van der Waals surface area (Å²) in [6.07, 6.45) is 2.20. The van der Waals surface area contributed by atoms with E-state index in [1.54, 1.807) is 0 Å². The van der Waals surface area contributed by atoms with Gasteiger partial charge in [0.25, 0.3) is 0 Å². The van der Waals surface area contributed by atoms with Crippen LogP contribution in [0.25, 0.3) is 0 Å². The van der Waals surface area contributed by atoms with E-state index in [0.29, 0.717) is 0 Å². The average Bonchev–Trinajstić information content (AvgIpc) is 2.75. The van der Waals surface area contributed by atoms with Gasteiger partial charge >= 0.3 is 5.82 Å². The van der Waals surface area contributed by atoms with Crippen molar-refractivity contribution in [3.8, 4) is 5.75 Å². The molecule has 1 aliphatic heterocycles. The molecule has 0 spiro atoms. The first kappa shape index (κ1) is 8.95. The standard InChI is InChI=1S/C7H10N4O3/c12-11(13)7-6(4-9-10-7)14-5-1-2-8-3-5/h4-5,8H,1-3H2,(H,9,10). The number of nitrogens with one attached hydrogen (secondary N) is 2. The predicted octanol–water partition coefficient (Wildman–Crippen LogP) is 0.0586. The number of hydrogen-bond donors (Lipinski definition) is 2. The largest absolute Gasteiger partial charge is 0.480 e. The van der Waals surface area contributed by atoms with Gasteiger partial charge in [-0.25, -0.2) is 0 Å². The lowest BCUT2D eigenvalue weighted by Gasteiger charge is -2.09. The molecule has 0 radical (unpaired) electrons. The number of nitrogens with zero attached hydrogens (tertiary/aromatic N) is 2. The molecule has 1 fully saturated rings. The molecule has 14 heavy (non-hydrogen) atoms. The van der Waals surface area contributed by atoms with Crippen molar-refractivity contribution in [3.63, 3.8) is 0 Å². The van der Waals surface area contributed by atoms with Crippen LogP contribution in [-0.2, 0) is 0 Å². The first-order chi connectivity index (χ1) is 6.77. The van der Waals surface area contributed by atoms with Gasteiger partial charge in [0, 0.05) is 6.54 Å². The van der Waals surface area contributed by atoms with Crippen molar-refractivity contribution >= 4 is 5.82 Å². The summed E-state index contributed by atoms with van der Waals surface area (Å²) >= 11 is 0. The van der Waals surface area contributed by atoms with Crippen LogP contribution in [0.3, 0.4) is 0 Å². The van der Waals surface area contributed by atoms with E-state index < -0.39 is 4.92 Å². The van der Waals surface area contributed by atoms with Crippen molar-refractivity contribution in [2.45, 2.75) is 12.5 Å². The van der Waals surface area contributed by atoms with Gasteiger partial charge in [-0.05, 0) is 17.9 Å². The van der Waals surface area contributed by atoms with Crippen molar-refractivity contribution in [1.82, 2.24) is 15.5 Å². The van der Waals surface area contributed by atoms with Crippen molar-refractivity contribution in [2.75, 3.05) is 13.1 Å². The molecule has 1 aliphatic rings. The molecule has 7 heteroatoms. The molecule has 0 saturated carbocycles. The summed E-state index contributed by atoms with van der Waals surface area (Å²) in [5.41, 5.74) is 0. The van der Waals surface area contributed by atoms with Crippen LogP contribution < -0.4 is 10.1 Å². The summed E-state index contributed by atoms with van der Waals surface area (Å²) in [5, 5.41) is 19.5. The second kappa shape index (κ2) is 3.62. The van der Waals surface area contributed by atoms with Crippen LogP contribution in [0, 0.1) is 10.1 Å². The van der Waals surface area contributed by atoms with Gasteiger partial charge in [0.2, 0.25) is 5.75 Å². The maximum absolute atomic E-state index is 10.5. The van der Waals surface area contributed by atoms with Crippen molar-refractivity contribution in [2.24, 2.45) is 0 Å². The molecule has 2 heterocycles. The van der Waals surface area contributed by atoms with E-state index in [4.69, 9.17) is 4.74 Å². The molecule has 1 aromatic rings. The van der Waals surface area contributed by atoms with Crippen LogP contribution in [0.2, 0.25) is 0 Å². The van der Waals surface area contributed by atoms with E-state index in [2.05, 4.69) is 15.5 Å². The highest BCUT2D eigenvalue weighted by atomic mass is 16.6. The lowest BCUT2D eigenvalue weighted by atomic mass is 10.3. The minimum absolute atomic E-state index is 0.00583. The molecule has 2 rings (SSSR count). The van der Waals surface area contributed by atoms with E-state index >= 15 is 0 Å². The van der Waals surface area contributed by atoms with Crippen LogP contribution in [-0.4, -0.2) is 34.3 Å². The van der Waals surface area contributed by atoms with Gasteiger partial charge in [-0.1, -0.05) is 5.10 Å². The monoisotopic (exact) mass is 198 g/mol. The quantitative estimate of drug-likeness (QED) is 0.529. The zero-order valence-corrected chi connectivity index (χ0v) is 7.40. The molecule has 76 valence electrons. The van der Waals surface area contributed by atoms with E-state index in [1.165, 1.54) is 6.20 Å². The summed E-state index contributed by atoms with van der Waals surface area (Å²) in [4.78, 5) is 9.96. The fraction of sp³-hybridized carbons (Fsp3) is 0.571. The molecular formula is C7H10N4O3. The Morgan fingerprint density at radius 2 is 2.57 bits per heavy atom. The Labute approximate surface area is 79.6 Å². The Hall–Kier alpha value is -1.63. The Balaban J connectivity index is 2.07. The average molecular weight is 198 g/mol. The summed E-state index contributed by atoms with van der Waals surface area (Å²) < 4.78 is 5.41. The molecule has 0 aromatic carbocycles. The van der Waals surface area contributed by atoms with Gasteiger partial charge < -0.3 is 20.2 Å². The minimum Gasteiger partial charge on any atom is -0.480 e. The SMILES string of the molecule is O=[N+]([O-])c1[nH]ncc1OC1CCNC1. The van der Waals surface area contributed by atoms with Crippen LogP contribution >= 0.6 is 0 Å². The normalized spacial score (nSPS) is 21.0. The number of H-pyrrole nitrogens is 1. The highest BCUT2D eigenvalue weighted by molar-refractivity contribution is 5.36. The Morgan fingerprint density at radius 1 is 1.71 bits per heavy atom. The zero-order chi connectivity index (χ0) is 9.97. The Morgan fingerprint density at radius 3 is 3.21 bits per heavy atom. The number of rotatable bonds is 3. The molecule has 7 nitrogen and oxygen atoms in total. The fourth-order valence-corrected chi connectivity index (χ4v) is 1.39. The minimum atomic E-state index is -0.537. The third kappa shape index (κ3) is 1.67. The van der Waals surface area contributed by atoms with Gasteiger partial charge in [-0.3, -0.25) is 0 Å². The van der Waals surface area contributed by atoms with Gasteiger partial charge in [0.05, 0.1) is 0 Å². The van der Waals surface area contributed by atoms with Gasteiger partial charge in [0.15, 0.2) is 0 Å². The molecule has 1 atom stereocenters. The van der Waals surface area contributed by atoms with Crippen molar-refractivity contribution < 1.29 is 9.66 Å². The van der Waals surface area contributed by atoms with E-state index in [-0.39, 0.29) is 17.7 Å². The molecule has 0 amide bonds. The number of hydrogen-bond acceptors (Lipinski definition) is 5. The first-order valence-corrected chi connectivity index (χ1v) is 4.32. The molecule has 2 N–H and O–H groups in total. The maximum atomic E-state index is 10.5. The second-order valence-corrected chi connectivity index (χ2v) is 3.07. The van der Waals surface area contributed by atoms with Crippen LogP contribution in [0.5, 0.6) is 5.75 Å². The van der Waals surface area contributed by atoms with Gasteiger partial charge in [-0.2, -0.15) is 0 Å². The maximum Gasteiger partial charge on any atom is 0.385 e. The van der Waals surface area contributed by atoms with Crippen LogP contribution in [0.15, 0.2) is 6.20 Å². The molecule has 1 unspecified atom stereocenters. The third-order valence-electron chi connectivity index (χ3n) is 2.08. The Kier molecular flexibility index (Phi) is 2.32.